The topological polar surface area (TPSA) is 64.0 Å². The van der Waals surface area contributed by atoms with Crippen LogP contribution in [0.15, 0.2) is 83.7 Å². The number of nitrogens with one attached hydrogen (secondary N) is 1. The second-order valence-corrected chi connectivity index (χ2v) is 6.67. The molecule has 1 amide bonds. The Morgan fingerprint density at radius 1 is 0.929 bits per heavy atom. The molecule has 5 nitrogen and oxygen atoms in total. The van der Waals surface area contributed by atoms with E-state index in [4.69, 9.17) is 0 Å². The van der Waals surface area contributed by atoms with Gasteiger partial charge in [0, 0.05) is 11.8 Å². The molecule has 1 N–H and O–H groups in total. The largest absolute Gasteiger partial charge is 0.321 e. The van der Waals surface area contributed by atoms with Gasteiger partial charge in [-0.1, -0.05) is 60.2 Å². The molecule has 3 aromatic carbocycles. The Labute approximate surface area is 162 Å². The van der Waals surface area contributed by atoms with Crippen LogP contribution in [-0.2, 0) is 6.54 Å². The van der Waals surface area contributed by atoms with Crippen LogP contribution in [-0.4, -0.2) is 15.7 Å². The van der Waals surface area contributed by atoms with Crippen molar-refractivity contribution in [2.45, 2.75) is 13.5 Å². The van der Waals surface area contributed by atoms with E-state index in [9.17, 15) is 9.59 Å². The molecule has 0 fully saturated rings. The van der Waals surface area contributed by atoms with Crippen molar-refractivity contribution in [1.29, 1.82) is 0 Å². The van der Waals surface area contributed by atoms with Crippen molar-refractivity contribution in [3.05, 3.63) is 106 Å². The summed E-state index contributed by atoms with van der Waals surface area (Å²) in [6, 6.07) is 24.3. The lowest BCUT2D eigenvalue weighted by Gasteiger charge is -2.10. The number of nitrogens with zero attached hydrogens (tertiary/aromatic N) is 2. The standard InChI is InChI=1S/C23H19N3O2/c1-16-9-11-19(12-10-16)24-23(28)21-13-14-22(27)26(25-21)15-18-7-4-6-17-5-2-3-8-20(17)18/h2-14H,15H2,1H3,(H,24,28). The molecule has 1 heterocycles. The van der Waals surface area contributed by atoms with Crippen molar-refractivity contribution in [2.24, 2.45) is 0 Å². The minimum absolute atomic E-state index is 0.195. The van der Waals surface area contributed by atoms with Gasteiger partial charge in [0.15, 0.2) is 0 Å². The zero-order valence-corrected chi connectivity index (χ0v) is 15.4. The molecule has 0 radical (unpaired) electrons. The number of hydrogen-bond acceptors (Lipinski definition) is 3. The highest BCUT2D eigenvalue weighted by Crippen LogP contribution is 2.19. The van der Waals surface area contributed by atoms with Crippen LogP contribution in [0.2, 0.25) is 0 Å². The monoisotopic (exact) mass is 369 g/mol. The summed E-state index contributed by atoms with van der Waals surface area (Å²) in [5.41, 5.74) is 2.72. The number of anilines is 1. The summed E-state index contributed by atoms with van der Waals surface area (Å²) < 4.78 is 1.33. The van der Waals surface area contributed by atoms with Gasteiger partial charge in [-0.25, -0.2) is 4.68 Å². The third kappa shape index (κ3) is 3.69. The van der Waals surface area contributed by atoms with E-state index in [0.717, 1.165) is 21.9 Å². The molecule has 0 aliphatic rings. The van der Waals surface area contributed by atoms with E-state index < -0.39 is 0 Å². The minimum atomic E-state index is -0.351. The first-order valence-electron chi connectivity index (χ1n) is 9.03. The first kappa shape index (κ1) is 17.7. The summed E-state index contributed by atoms with van der Waals surface area (Å²) in [5, 5.41) is 9.25. The molecule has 0 spiro atoms. The summed E-state index contributed by atoms with van der Waals surface area (Å²) in [6.07, 6.45) is 0. The van der Waals surface area contributed by atoms with Gasteiger partial charge in [0.1, 0.15) is 5.69 Å². The number of benzene rings is 3. The van der Waals surface area contributed by atoms with E-state index in [2.05, 4.69) is 10.4 Å². The van der Waals surface area contributed by atoms with Crippen molar-refractivity contribution in [1.82, 2.24) is 9.78 Å². The maximum absolute atomic E-state index is 12.5. The average molecular weight is 369 g/mol. The number of hydrogen-bond donors (Lipinski definition) is 1. The number of aryl methyl sites for hydroxylation is 1. The van der Waals surface area contributed by atoms with E-state index in [1.54, 1.807) is 0 Å². The van der Waals surface area contributed by atoms with E-state index >= 15 is 0 Å². The Morgan fingerprint density at radius 2 is 1.68 bits per heavy atom. The van der Waals surface area contributed by atoms with Crippen LogP contribution in [0.5, 0.6) is 0 Å². The molecule has 0 atom stereocenters. The van der Waals surface area contributed by atoms with E-state index in [0.29, 0.717) is 12.2 Å². The second kappa shape index (κ2) is 7.48. The van der Waals surface area contributed by atoms with Gasteiger partial charge in [0.2, 0.25) is 0 Å². The molecule has 4 aromatic rings. The highest BCUT2D eigenvalue weighted by molar-refractivity contribution is 6.02. The third-order valence-corrected chi connectivity index (χ3v) is 4.61. The van der Waals surface area contributed by atoms with Gasteiger partial charge in [-0.3, -0.25) is 9.59 Å². The quantitative estimate of drug-likeness (QED) is 0.591. The minimum Gasteiger partial charge on any atom is -0.321 e. The number of rotatable bonds is 4. The second-order valence-electron chi connectivity index (χ2n) is 6.67. The SMILES string of the molecule is Cc1ccc(NC(=O)c2ccc(=O)n(Cc3cccc4ccccc34)n2)cc1. The molecular weight excluding hydrogens is 350 g/mol. The third-order valence-electron chi connectivity index (χ3n) is 4.61. The molecule has 0 saturated carbocycles. The molecule has 0 aliphatic carbocycles. The first-order valence-corrected chi connectivity index (χ1v) is 9.03. The van der Waals surface area contributed by atoms with Gasteiger partial charge in [0.25, 0.3) is 11.5 Å². The number of aromatic nitrogens is 2. The zero-order chi connectivity index (χ0) is 19.5. The highest BCUT2D eigenvalue weighted by Gasteiger charge is 2.11. The number of carbonyl (C=O) groups excluding carboxylic acids is 1. The molecule has 4 rings (SSSR count). The summed E-state index contributed by atoms with van der Waals surface area (Å²) in [4.78, 5) is 24.8. The molecule has 0 saturated heterocycles. The normalized spacial score (nSPS) is 10.8. The maximum Gasteiger partial charge on any atom is 0.276 e. The van der Waals surface area contributed by atoms with Crippen LogP contribution in [0, 0.1) is 6.92 Å². The van der Waals surface area contributed by atoms with Gasteiger partial charge < -0.3 is 5.32 Å². The predicted molar refractivity (Wildman–Crippen MR) is 111 cm³/mol. The zero-order valence-electron chi connectivity index (χ0n) is 15.4. The van der Waals surface area contributed by atoms with Gasteiger partial charge in [-0.05, 0) is 41.5 Å². The number of amides is 1. The van der Waals surface area contributed by atoms with E-state index in [1.165, 1.54) is 16.8 Å². The Hall–Kier alpha value is -3.73. The summed E-state index contributed by atoms with van der Waals surface area (Å²) in [7, 11) is 0. The summed E-state index contributed by atoms with van der Waals surface area (Å²) >= 11 is 0. The lowest BCUT2D eigenvalue weighted by atomic mass is 10.0. The van der Waals surface area contributed by atoms with Gasteiger partial charge >= 0.3 is 0 Å². The van der Waals surface area contributed by atoms with Crippen molar-refractivity contribution < 1.29 is 4.79 Å². The summed E-state index contributed by atoms with van der Waals surface area (Å²) in [6.45, 7) is 2.28. The number of fused-ring (bicyclic) bond motifs is 1. The van der Waals surface area contributed by atoms with E-state index in [-0.39, 0.29) is 17.2 Å². The number of carbonyl (C=O) groups is 1. The molecule has 138 valence electrons. The van der Waals surface area contributed by atoms with Crippen LogP contribution >= 0.6 is 0 Å². The Balaban J connectivity index is 1.62. The van der Waals surface area contributed by atoms with Crippen molar-refractivity contribution in [3.8, 4) is 0 Å². The molecule has 1 aromatic heterocycles. The fourth-order valence-corrected chi connectivity index (χ4v) is 3.11. The van der Waals surface area contributed by atoms with Gasteiger partial charge in [0.05, 0.1) is 6.54 Å². The van der Waals surface area contributed by atoms with Gasteiger partial charge in [-0.2, -0.15) is 5.10 Å². The maximum atomic E-state index is 12.5. The predicted octanol–water partition coefficient (Wildman–Crippen LogP) is 4.01. The van der Waals surface area contributed by atoms with Crippen LogP contribution in [0.3, 0.4) is 0 Å². The Bertz CT molecular complexity index is 1210. The smallest absolute Gasteiger partial charge is 0.276 e. The van der Waals surface area contributed by atoms with Crippen molar-refractivity contribution in [3.63, 3.8) is 0 Å². The molecular formula is C23H19N3O2. The van der Waals surface area contributed by atoms with Crippen LogP contribution < -0.4 is 10.9 Å². The fraction of sp³-hybridized carbons (Fsp3) is 0.0870. The van der Waals surface area contributed by atoms with Crippen molar-refractivity contribution in [2.75, 3.05) is 5.32 Å². The molecule has 0 aliphatic heterocycles. The molecule has 5 heteroatoms. The Kier molecular flexibility index (Phi) is 4.72. The lowest BCUT2D eigenvalue weighted by Crippen LogP contribution is -2.26. The summed E-state index contributed by atoms with van der Waals surface area (Å²) in [5.74, 6) is -0.351. The van der Waals surface area contributed by atoms with Crippen LogP contribution in [0.1, 0.15) is 21.6 Å². The molecule has 28 heavy (non-hydrogen) atoms. The Morgan fingerprint density at radius 3 is 2.50 bits per heavy atom. The fourth-order valence-electron chi connectivity index (χ4n) is 3.11. The molecule has 0 bridgehead atoms. The van der Waals surface area contributed by atoms with Crippen LogP contribution in [0.4, 0.5) is 5.69 Å². The highest BCUT2D eigenvalue weighted by atomic mass is 16.2. The average Bonchev–Trinajstić information content (AvgIpc) is 2.71. The van der Waals surface area contributed by atoms with E-state index in [1.807, 2.05) is 73.7 Å². The first-order chi connectivity index (χ1) is 13.6. The lowest BCUT2D eigenvalue weighted by molar-refractivity contribution is 0.102. The van der Waals surface area contributed by atoms with Gasteiger partial charge in [-0.15, -0.1) is 0 Å². The molecule has 0 unspecified atom stereocenters. The van der Waals surface area contributed by atoms with Crippen molar-refractivity contribution >= 4 is 22.4 Å². The van der Waals surface area contributed by atoms with Crippen LogP contribution in [0.25, 0.3) is 10.8 Å².